The molecule has 0 aliphatic carbocycles. The molecule has 1 aliphatic rings. The third kappa shape index (κ3) is 3.90. The van der Waals surface area contributed by atoms with Crippen molar-refractivity contribution in [3.63, 3.8) is 0 Å². The number of ether oxygens (including phenoxy) is 1. The van der Waals surface area contributed by atoms with Gasteiger partial charge in [-0.1, -0.05) is 11.3 Å². The monoisotopic (exact) mass is 301 g/mol. The number of hydrogen-bond donors (Lipinski definition) is 0. The van der Waals surface area contributed by atoms with E-state index in [9.17, 15) is 0 Å². The molecule has 0 bridgehead atoms. The minimum absolute atomic E-state index is 0.440. The van der Waals surface area contributed by atoms with Crippen LogP contribution in [0.5, 0.6) is 0 Å². The zero-order chi connectivity index (χ0) is 15.4. The highest BCUT2D eigenvalue weighted by Gasteiger charge is 2.19. The molecule has 6 nitrogen and oxygen atoms in total. The molecule has 2 aromatic heterocycles. The lowest BCUT2D eigenvalue weighted by Gasteiger charge is -2.32. The van der Waals surface area contributed by atoms with Gasteiger partial charge in [0, 0.05) is 49.7 Å². The molecule has 118 valence electrons. The van der Waals surface area contributed by atoms with Gasteiger partial charge in [0.25, 0.3) is 0 Å². The Balaban J connectivity index is 1.54. The van der Waals surface area contributed by atoms with Crippen LogP contribution in [-0.4, -0.2) is 50.7 Å². The maximum absolute atomic E-state index is 5.46. The lowest BCUT2D eigenvalue weighted by Crippen LogP contribution is -2.42. The Morgan fingerprint density at radius 3 is 3.05 bits per heavy atom. The summed E-state index contributed by atoms with van der Waals surface area (Å²) in [4.78, 5) is 6.90. The van der Waals surface area contributed by atoms with Gasteiger partial charge in [0.15, 0.2) is 0 Å². The van der Waals surface area contributed by atoms with Gasteiger partial charge >= 0.3 is 0 Å². The number of nitrogens with zero attached hydrogens (tertiary/aromatic N) is 5. The van der Waals surface area contributed by atoms with Crippen molar-refractivity contribution in [3.05, 3.63) is 41.5 Å². The molecule has 6 heteroatoms. The minimum atomic E-state index is 0.440. The third-order valence-corrected chi connectivity index (χ3v) is 4.00. The molecular weight excluding hydrogens is 278 g/mol. The molecular formula is C16H23N5O. The standard InChI is InChI=1S/C16H23N5O/c1-13-4-3-5-15(17-13)6-7-21-11-16(18-19-21)10-20-8-9-22-12-14(20)2/h3-5,11,14H,6-10,12H2,1-2H3/t14-/m1/s1. The van der Waals surface area contributed by atoms with Crippen LogP contribution in [0.3, 0.4) is 0 Å². The lowest BCUT2D eigenvalue weighted by atomic mass is 10.2. The fraction of sp³-hybridized carbons (Fsp3) is 0.562. The molecule has 0 radical (unpaired) electrons. The number of aromatic nitrogens is 4. The summed E-state index contributed by atoms with van der Waals surface area (Å²) < 4.78 is 7.37. The van der Waals surface area contributed by atoms with Crippen molar-refractivity contribution >= 4 is 0 Å². The summed E-state index contributed by atoms with van der Waals surface area (Å²) in [7, 11) is 0. The number of aryl methyl sites for hydroxylation is 3. The third-order valence-electron chi connectivity index (χ3n) is 4.00. The number of rotatable bonds is 5. The van der Waals surface area contributed by atoms with Gasteiger partial charge in [-0.3, -0.25) is 14.6 Å². The van der Waals surface area contributed by atoms with E-state index in [1.165, 1.54) is 0 Å². The van der Waals surface area contributed by atoms with Crippen LogP contribution in [0.1, 0.15) is 24.0 Å². The normalized spacial score (nSPS) is 19.5. The molecule has 0 aromatic carbocycles. The van der Waals surface area contributed by atoms with Crippen molar-refractivity contribution in [2.75, 3.05) is 19.8 Å². The van der Waals surface area contributed by atoms with E-state index in [-0.39, 0.29) is 0 Å². The zero-order valence-electron chi connectivity index (χ0n) is 13.3. The van der Waals surface area contributed by atoms with E-state index < -0.39 is 0 Å². The van der Waals surface area contributed by atoms with Crippen molar-refractivity contribution in [2.45, 2.75) is 39.4 Å². The van der Waals surface area contributed by atoms with Crippen molar-refractivity contribution in [3.8, 4) is 0 Å². The predicted molar refractivity (Wildman–Crippen MR) is 83.4 cm³/mol. The van der Waals surface area contributed by atoms with Crippen molar-refractivity contribution in [2.24, 2.45) is 0 Å². The van der Waals surface area contributed by atoms with E-state index >= 15 is 0 Å². The Bertz CT molecular complexity index is 612. The summed E-state index contributed by atoms with van der Waals surface area (Å²) in [6.07, 6.45) is 2.91. The second-order valence-corrected chi connectivity index (χ2v) is 5.89. The number of pyridine rings is 1. The quantitative estimate of drug-likeness (QED) is 0.836. The molecule has 0 saturated carbocycles. The summed E-state index contributed by atoms with van der Waals surface area (Å²) in [5.41, 5.74) is 3.17. The van der Waals surface area contributed by atoms with E-state index in [1.54, 1.807) is 0 Å². The van der Waals surface area contributed by atoms with Crippen LogP contribution in [0.25, 0.3) is 0 Å². The average Bonchev–Trinajstić information content (AvgIpc) is 2.95. The Labute approximate surface area is 131 Å². The lowest BCUT2D eigenvalue weighted by molar-refractivity contribution is -0.00492. The molecule has 1 fully saturated rings. The molecule has 3 rings (SSSR count). The van der Waals surface area contributed by atoms with Crippen LogP contribution >= 0.6 is 0 Å². The minimum Gasteiger partial charge on any atom is -0.379 e. The van der Waals surface area contributed by atoms with Crippen molar-refractivity contribution < 1.29 is 4.74 Å². The van der Waals surface area contributed by atoms with Gasteiger partial charge in [-0.25, -0.2) is 0 Å². The summed E-state index contributed by atoms with van der Waals surface area (Å²) >= 11 is 0. The van der Waals surface area contributed by atoms with Crippen molar-refractivity contribution in [1.82, 2.24) is 24.9 Å². The highest BCUT2D eigenvalue weighted by molar-refractivity contribution is 5.09. The molecule has 22 heavy (non-hydrogen) atoms. The first kappa shape index (κ1) is 15.1. The molecule has 0 unspecified atom stereocenters. The topological polar surface area (TPSA) is 56.1 Å². The van der Waals surface area contributed by atoms with Gasteiger partial charge in [-0.05, 0) is 26.0 Å². The van der Waals surface area contributed by atoms with E-state index in [0.29, 0.717) is 6.04 Å². The Morgan fingerprint density at radius 1 is 1.32 bits per heavy atom. The fourth-order valence-electron chi connectivity index (χ4n) is 2.69. The first-order valence-electron chi connectivity index (χ1n) is 7.84. The van der Waals surface area contributed by atoms with Gasteiger partial charge in [-0.2, -0.15) is 0 Å². The van der Waals surface area contributed by atoms with Crippen LogP contribution in [-0.2, 0) is 24.2 Å². The van der Waals surface area contributed by atoms with Gasteiger partial charge < -0.3 is 4.74 Å². The maximum atomic E-state index is 5.46. The summed E-state index contributed by atoms with van der Waals surface area (Å²) in [6.45, 7) is 8.41. The molecule has 1 aliphatic heterocycles. The van der Waals surface area contributed by atoms with Crippen LogP contribution in [0.2, 0.25) is 0 Å². The van der Waals surface area contributed by atoms with Crippen LogP contribution in [0, 0.1) is 6.92 Å². The summed E-state index contributed by atoms with van der Waals surface area (Å²) in [5.74, 6) is 0. The Kier molecular flexibility index (Phi) is 4.80. The molecule has 1 atom stereocenters. The largest absolute Gasteiger partial charge is 0.379 e. The zero-order valence-corrected chi connectivity index (χ0v) is 13.3. The first-order valence-corrected chi connectivity index (χ1v) is 7.84. The second kappa shape index (κ2) is 6.98. The number of morpholine rings is 1. The highest BCUT2D eigenvalue weighted by Crippen LogP contribution is 2.10. The van der Waals surface area contributed by atoms with Crippen LogP contribution in [0.15, 0.2) is 24.4 Å². The van der Waals surface area contributed by atoms with Gasteiger partial charge in [-0.15, -0.1) is 5.10 Å². The Morgan fingerprint density at radius 2 is 2.23 bits per heavy atom. The maximum Gasteiger partial charge on any atom is 0.0967 e. The smallest absolute Gasteiger partial charge is 0.0967 e. The average molecular weight is 301 g/mol. The summed E-state index contributed by atoms with van der Waals surface area (Å²) in [6, 6.07) is 6.56. The van der Waals surface area contributed by atoms with E-state index in [1.807, 2.05) is 29.9 Å². The van der Waals surface area contributed by atoms with Gasteiger partial charge in [0.1, 0.15) is 0 Å². The second-order valence-electron chi connectivity index (χ2n) is 5.89. The molecule has 1 saturated heterocycles. The fourth-order valence-corrected chi connectivity index (χ4v) is 2.69. The predicted octanol–water partition coefficient (Wildman–Crippen LogP) is 1.44. The summed E-state index contributed by atoms with van der Waals surface area (Å²) in [5, 5.41) is 8.51. The van der Waals surface area contributed by atoms with Crippen LogP contribution in [0.4, 0.5) is 0 Å². The molecule has 0 amide bonds. The van der Waals surface area contributed by atoms with Gasteiger partial charge in [0.2, 0.25) is 0 Å². The molecule has 0 spiro atoms. The molecule has 3 heterocycles. The van der Waals surface area contributed by atoms with Crippen molar-refractivity contribution in [1.29, 1.82) is 0 Å². The van der Waals surface area contributed by atoms with E-state index in [2.05, 4.69) is 33.2 Å². The van der Waals surface area contributed by atoms with E-state index in [0.717, 1.165) is 56.4 Å². The Hall–Kier alpha value is -1.79. The first-order chi connectivity index (χ1) is 10.7. The SMILES string of the molecule is Cc1cccc(CCn2cc(CN3CCOC[C@H]3C)nn2)n1. The molecule has 2 aromatic rings. The highest BCUT2D eigenvalue weighted by atomic mass is 16.5. The van der Waals surface area contributed by atoms with Crippen LogP contribution < -0.4 is 0 Å². The molecule has 0 N–H and O–H groups in total. The number of hydrogen-bond acceptors (Lipinski definition) is 5. The van der Waals surface area contributed by atoms with E-state index in [4.69, 9.17) is 4.74 Å². The van der Waals surface area contributed by atoms with Gasteiger partial charge in [0.05, 0.1) is 18.9 Å².